The van der Waals surface area contributed by atoms with Gasteiger partial charge in [-0.25, -0.2) is 4.79 Å². The lowest BCUT2D eigenvalue weighted by Crippen LogP contribution is -1.95. The average Bonchev–Trinajstić information content (AvgIpc) is 3.05. The first-order valence-electron chi connectivity index (χ1n) is 7.13. The van der Waals surface area contributed by atoms with Crippen LogP contribution in [0.2, 0.25) is 0 Å². The van der Waals surface area contributed by atoms with E-state index in [2.05, 4.69) is 29.4 Å². The van der Waals surface area contributed by atoms with E-state index in [0.717, 1.165) is 16.7 Å². The van der Waals surface area contributed by atoms with Crippen LogP contribution in [0, 0.1) is 0 Å². The largest absolute Gasteiger partial charge is 0.476 e. The van der Waals surface area contributed by atoms with Crippen LogP contribution in [0.1, 0.15) is 21.8 Å². The standard InChI is InChI=1S/C18H15NO4/c20-18(21)17-10-16(23-19-17)12-22-11-13-5-4-8-15(9-13)14-6-2-1-3-7-14/h1-10H,11-12H2,(H,20,21). The summed E-state index contributed by atoms with van der Waals surface area (Å²) in [5, 5.41) is 12.2. The van der Waals surface area contributed by atoms with Crippen molar-refractivity contribution in [1.82, 2.24) is 5.16 Å². The minimum atomic E-state index is -1.12. The molecule has 5 nitrogen and oxygen atoms in total. The number of aromatic carboxylic acids is 1. The average molecular weight is 309 g/mol. The fourth-order valence-electron chi connectivity index (χ4n) is 2.22. The van der Waals surface area contributed by atoms with Crippen molar-refractivity contribution >= 4 is 5.97 Å². The molecule has 0 aliphatic heterocycles. The van der Waals surface area contributed by atoms with Crippen LogP contribution in [0.3, 0.4) is 0 Å². The van der Waals surface area contributed by atoms with Crippen molar-refractivity contribution < 1.29 is 19.2 Å². The number of rotatable bonds is 6. The Morgan fingerprint density at radius 2 is 1.78 bits per heavy atom. The van der Waals surface area contributed by atoms with Crippen LogP contribution >= 0.6 is 0 Å². The molecule has 0 saturated heterocycles. The fraction of sp³-hybridized carbons (Fsp3) is 0.111. The van der Waals surface area contributed by atoms with Gasteiger partial charge in [0.1, 0.15) is 6.61 Å². The Kier molecular flexibility index (Phi) is 4.49. The smallest absolute Gasteiger partial charge is 0.358 e. The molecular weight excluding hydrogens is 294 g/mol. The van der Waals surface area contributed by atoms with E-state index in [0.29, 0.717) is 12.4 Å². The number of carboxylic acids is 1. The summed E-state index contributed by atoms with van der Waals surface area (Å²) < 4.78 is 10.5. The summed E-state index contributed by atoms with van der Waals surface area (Å²) in [6.45, 7) is 0.583. The molecule has 0 fully saturated rings. The number of aromatic nitrogens is 1. The zero-order chi connectivity index (χ0) is 16.1. The van der Waals surface area contributed by atoms with Gasteiger partial charge in [0.2, 0.25) is 0 Å². The van der Waals surface area contributed by atoms with Gasteiger partial charge >= 0.3 is 5.97 Å². The number of carbonyl (C=O) groups is 1. The molecule has 116 valence electrons. The Hall–Kier alpha value is -2.92. The second kappa shape index (κ2) is 6.89. The van der Waals surface area contributed by atoms with Crippen LogP contribution in [0.4, 0.5) is 0 Å². The molecule has 0 spiro atoms. The van der Waals surface area contributed by atoms with E-state index in [1.165, 1.54) is 6.07 Å². The molecule has 0 bridgehead atoms. The highest BCUT2D eigenvalue weighted by Gasteiger charge is 2.10. The predicted molar refractivity (Wildman–Crippen MR) is 83.8 cm³/mol. The van der Waals surface area contributed by atoms with E-state index in [-0.39, 0.29) is 12.3 Å². The lowest BCUT2D eigenvalue weighted by molar-refractivity contribution is 0.0683. The van der Waals surface area contributed by atoms with Gasteiger partial charge in [-0.05, 0) is 22.8 Å². The third-order valence-electron chi connectivity index (χ3n) is 3.33. The highest BCUT2D eigenvalue weighted by atomic mass is 16.5. The summed E-state index contributed by atoms with van der Waals surface area (Å²) >= 11 is 0. The lowest BCUT2D eigenvalue weighted by atomic mass is 10.0. The molecule has 3 aromatic rings. The number of hydrogen-bond donors (Lipinski definition) is 1. The van der Waals surface area contributed by atoms with Crippen LogP contribution < -0.4 is 0 Å². The third-order valence-corrected chi connectivity index (χ3v) is 3.33. The quantitative estimate of drug-likeness (QED) is 0.750. The maximum Gasteiger partial charge on any atom is 0.358 e. The van der Waals surface area contributed by atoms with E-state index in [1.807, 2.05) is 30.3 Å². The molecule has 0 amide bonds. The molecule has 0 saturated carbocycles. The van der Waals surface area contributed by atoms with Crippen LogP contribution in [0.25, 0.3) is 11.1 Å². The second-order valence-corrected chi connectivity index (χ2v) is 5.04. The van der Waals surface area contributed by atoms with Crippen LogP contribution in [0.5, 0.6) is 0 Å². The Labute approximate surface area is 133 Å². The van der Waals surface area contributed by atoms with Crippen LogP contribution in [-0.2, 0) is 18.0 Å². The minimum absolute atomic E-state index is 0.116. The lowest BCUT2D eigenvalue weighted by Gasteiger charge is -2.06. The fourth-order valence-corrected chi connectivity index (χ4v) is 2.22. The molecule has 0 radical (unpaired) electrons. The van der Waals surface area contributed by atoms with E-state index in [1.54, 1.807) is 0 Å². The van der Waals surface area contributed by atoms with Crippen LogP contribution in [-0.4, -0.2) is 16.2 Å². The van der Waals surface area contributed by atoms with Gasteiger partial charge < -0.3 is 14.4 Å². The molecule has 1 aromatic heterocycles. The van der Waals surface area contributed by atoms with Crippen molar-refractivity contribution in [1.29, 1.82) is 0 Å². The summed E-state index contributed by atoms with van der Waals surface area (Å²) in [6.07, 6.45) is 0. The van der Waals surface area contributed by atoms with E-state index in [9.17, 15) is 4.79 Å². The number of carboxylic acid groups (broad SMARTS) is 1. The zero-order valence-corrected chi connectivity index (χ0v) is 12.3. The minimum Gasteiger partial charge on any atom is -0.476 e. The second-order valence-electron chi connectivity index (χ2n) is 5.04. The molecule has 0 aliphatic rings. The topological polar surface area (TPSA) is 72.6 Å². The first-order chi connectivity index (χ1) is 11.2. The molecule has 5 heteroatoms. The van der Waals surface area contributed by atoms with Gasteiger partial charge in [-0.3, -0.25) is 0 Å². The monoisotopic (exact) mass is 309 g/mol. The number of benzene rings is 2. The predicted octanol–water partition coefficient (Wildman–Crippen LogP) is 3.76. The Morgan fingerprint density at radius 3 is 2.52 bits per heavy atom. The van der Waals surface area contributed by atoms with Gasteiger partial charge in [0.25, 0.3) is 0 Å². The molecule has 3 rings (SSSR count). The Bertz CT molecular complexity index is 796. The van der Waals surface area contributed by atoms with E-state index in [4.69, 9.17) is 14.4 Å². The van der Waals surface area contributed by atoms with Crippen molar-refractivity contribution in [2.24, 2.45) is 0 Å². The number of hydrogen-bond acceptors (Lipinski definition) is 4. The molecule has 0 atom stereocenters. The molecule has 0 aliphatic carbocycles. The maximum atomic E-state index is 10.7. The molecule has 23 heavy (non-hydrogen) atoms. The van der Waals surface area contributed by atoms with Crippen molar-refractivity contribution in [3.8, 4) is 11.1 Å². The van der Waals surface area contributed by atoms with Crippen molar-refractivity contribution in [3.63, 3.8) is 0 Å². The summed E-state index contributed by atoms with van der Waals surface area (Å²) in [5.74, 6) is -0.725. The number of ether oxygens (including phenoxy) is 1. The summed E-state index contributed by atoms with van der Waals surface area (Å²) in [5.41, 5.74) is 3.19. The van der Waals surface area contributed by atoms with Gasteiger partial charge in [-0.15, -0.1) is 0 Å². The van der Waals surface area contributed by atoms with E-state index >= 15 is 0 Å². The van der Waals surface area contributed by atoms with Crippen LogP contribution in [0.15, 0.2) is 65.2 Å². The molecule has 1 heterocycles. The first-order valence-corrected chi connectivity index (χ1v) is 7.13. The first kappa shape index (κ1) is 15.0. The van der Waals surface area contributed by atoms with Crippen molar-refractivity contribution in [3.05, 3.63) is 77.7 Å². The van der Waals surface area contributed by atoms with E-state index < -0.39 is 5.97 Å². The van der Waals surface area contributed by atoms with Gasteiger partial charge in [0, 0.05) is 6.07 Å². The SMILES string of the molecule is O=C(O)c1cc(COCc2cccc(-c3ccccc3)c2)on1. The molecular formula is C18H15NO4. The Morgan fingerprint density at radius 1 is 1.00 bits per heavy atom. The van der Waals surface area contributed by atoms with Gasteiger partial charge in [0.05, 0.1) is 6.61 Å². The summed E-state index contributed by atoms with van der Waals surface area (Å²) in [7, 11) is 0. The van der Waals surface area contributed by atoms with Crippen molar-refractivity contribution in [2.45, 2.75) is 13.2 Å². The Balaban J connectivity index is 1.61. The highest BCUT2D eigenvalue weighted by Crippen LogP contribution is 2.20. The van der Waals surface area contributed by atoms with Crippen molar-refractivity contribution in [2.75, 3.05) is 0 Å². The van der Waals surface area contributed by atoms with Gasteiger partial charge in [0.15, 0.2) is 11.5 Å². The summed E-state index contributed by atoms with van der Waals surface area (Å²) in [6, 6.07) is 19.6. The van der Waals surface area contributed by atoms with Gasteiger partial charge in [-0.2, -0.15) is 0 Å². The molecule has 0 unspecified atom stereocenters. The summed E-state index contributed by atoms with van der Waals surface area (Å²) in [4.78, 5) is 10.7. The van der Waals surface area contributed by atoms with Gasteiger partial charge in [-0.1, -0.05) is 53.7 Å². The normalized spacial score (nSPS) is 10.6. The maximum absolute atomic E-state index is 10.7. The highest BCUT2D eigenvalue weighted by molar-refractivity contribution is 5.85. The third kappa shape index (κ3) is 3.84. The molecule has 2 aromatic carbocycles. The number of nitrogens with zero attached hydrogens (tertiary/aromatic N) is 1. The zero-order valence-electron chi connectivity index (χ0n) is 12.3. The molecule has 1 N–H and O–H groups in total.